The lowest BCUT2D eigenvalue weighted by Crippen LogP contribution is -2.51. The fourth-order valence-electron chi connectivity index (χ4n) is 3.69. The van der Waals surface area contributed by atoms with Crippen LogP contribution in [0.25, 0.3) is 0 Å². The van der Waals surface area contributed by atoms with Gasteiger partial charge in [-0.2, -0.15) is 0 Å². The first kappa shape index (κ1) is 26.6. The predicted molar refractivity (Wildman–Crippen MR) is 141 cm³/mol. The maximum atomic E-state index is 13.5. The second-order valence-corrected chi connectivity index (χ2v) is 9.19. The molecule has 0 bridgehead atoms. The van der Waals surface area contributed by atoms with E-state index < -0.39 is 6.04 Å². The van der Waals surface area contributed by atoms with Crippen molar-refractivity contribution in [3.8, 4) is 5.75 Å². The number of benzene rings is 3. The van der Waals surface area contributed by atoms with Crippen molar-refractivity contribution in [2.75, 3.05) is 13.2 Å². The molecule has 184 valence electrons. The quantitative estimate of drug-likeness (QED) is 0.350. The lowest BCUT2D eigenvalue weighted by Gasteiger charge is -2.31. The number of ether oxygens (including phenoxy) is 1. The van der Waals surface area contributed by atoms with Gasteiger partial charge in [0, 0.05) is 29.6 Å². The summed E-state index contributed by atoms with van der Waals surface area (Å²) >= 11 is 12.3. The zero-order valence-corrected chi connectivity index (χ0v) is 21.5. The van der Waals surface area contributed by atoms with Crippen LogP contribution in [0.2, 0.25) is 10.0 Å². The average molecular weight is 513 g/mol. The van der Waals surface area contributed by atoms with Crippen molar-refractivity contribution in [1.82, 2.24) is 10.2 Å². The first-order valence-corrected chi connectivity index (χ1v) is 12.4. The summed E-state index contributed by atoms with van der Waals surface area (Å²) in [5.41, 5.74) is 2.64. The molecular weight excluding hydrogens is 483 g/mol. The van der Waals surface area contributed by atoms with Crippen LogP contribution in [-0.4, -0.2) is 35.9 Å². The number of nitrogens with zero attached hydrogens (tertiary/aromatic N) is 1. The highest BCUT2D eigenvalue weighted by atomic mass is 35.5. The average Bonchev–Trinajstić information content (AvgIpc) is 2.86. The van der Waals surface area contributed by atoms with Crippen molar-refractivity contribution < 1.29 is 14.3 Å². The van der Waals surface area contributed by atoms with Gasteiger partial charge in [0.25, 0.3) is 5.91 Å². The van der Waals surface area contributed by atoms with Crippen LogP contribution in [0.5, 0.6) is 5.75 Å². The third kappa shape index (κ3) is 8.01. The van der Waals surface area contributed by atoms with Gasteiger partial charge in [0.15, 0.2) is 6.61 Å². The number of carbonyl (C=O) groups excluding carboxylic acids is 2. The SMILES string of the molecule is CCCNC(=O)[C@@H](Cc1ccccc1)N(Cc1cccc(Cl)c1)C(=O)COc1ccc(Cl)c(C)c1. The molecule has 3 aromatic carbocycles. The van der Waals surface area contributed by atoms with Crippen molar-refractivity contribution in [3.63, 3.8) is 0 Å². The molecule has 5 nitrogen and oxygen atoms in total. The molecule has 0 spiro atoms. The second kappa shape index (κ2) is 13.2. The van der Waals surface area contributed by atoms with Crippen LogP contribution in [0.1, 0.15) is 30.0 Å². The minimum atomic E-state index is -0.717. The Morgan fingerprint density at radius 3 is 2.40 bits per heavy atom. The van der Waals surface area contributed by atoms with Gasteiger partial charge in [-0.3, -0.25) is 9.59 Å². The molecule has 0 unspecified atom stereocenters. The first-order chi connectivity index (χ1) is 16.9. The third-order valence-electron chi connectivity index (χ3n) is 5.55. The summed E-state index contributed by atoms with van der Waals surface area (Å²) in [5.74, 6) is 0.0385. The van der Waals surface area contributed by atoms with Gasteiger partial charge in [0.05, 0.1) is 0 Å². The minimum Gasteiger partial charge on any atom is -0.484 e. The Morgan fingerprint density at radius 1 is 0.971 bits per heavy atom. The van der Waals surface area contributed by atoms with Gasteiger partial charge in [-0.05, 0) is 60.4 Å². The second-order valence-electron chi connectivity index (χ2n) is 8.35. The van der Waals surface area contributed by atoms with E-state index in [2.05, 4.69) is 5.32 Å². The predicted octanol–water partition coefficient (Wildman–Crippen LogP) is 5.85. The molecule has 0 aliphatic rings. The normalized spacial score (nSPS) is 11.5. The van der Waals surface area contributed by atoms with Gasteiger partial charge in [-0.15, -0.1) is 0 Å². The zero-order valence-electron chi connectivity index (χ0n) is 20.0. The lowest BCUT2D eigenvalue weighted by molar-refractivity contribution is -0.142. The van der Waals surface area contributed by atoms with Crippen LogP contribution in [0.4, 0.5) is 0 Å². The Kier molecular flexibility index (Phi) is 10.0. The van der Waals surface area contributed by atoms with Crippen molar-refractivity contribution in [1.29, 1.82) is 0 Å². The summed E-state index contributed by atoms with van der Waals surface area (Å²) in [6.07, 6.45) is 1.17. The maximum absolute atomic E-state index is 13.5. The van der Waals surface area contributed by atoms with Crippen LogP contribution >= 0.6 is 23.2 Å². The van der Waals surface area contributed by atoms with Gasteiger partial charge < -0.3 is 15.0 Å². The molecule has 35 heavy (non-hydrogen) atoms. The fourth-order valence-corrected chi connectivity index (χ4v) is 4.02. The molecule has 2 amide bonds. The molecule has 7 heteroatoms. The van der Waals surface area contributed by atoms with Crippen LogP contribution in [0.3, 0.4) is 0 Å². The van der Waals surface area contributed by atoms with E-state index in [1.807, 2.05) is 56.3 Å². The topological polar surface area (TPSA) is 58.6 Å². The van der Waals surface area contributed by atoms with E-state index in [9.17, 15) is 9.59 Å². The van der Waals surface area contributed by atoms with E-state index in [0.717, 1.165) is 23.1 Å². The monoisotopic (exact) mass is 512 g/mol. The van der Waals surface area contributed by atoms with Gasteiger partial charge >= 0.3 is 0 Å². The van der Waals surface area contributed by atoms with E-state index in [4.69, 9.17) is 27.9 Å². The van der Waals surface area contributed by atoms with Crippen LogP contribution < -0.4 is 10.1 Å². The molecule has 0 fully saturated rings. The molecule has 0 radical (unpaired) electrons. The highest BCUT2D eigenvalue weighted by Gasteiger charge is 2.30. The summed E-state index contributed by atoms with van der Waals surface area (Å²) in [6.45, 7) is 4.40. The number of amides is 2. The molecule has 3 aromatic rings. The van der Waals surface area contributed by atoms with E-state index >= 15 is 0 Å². The van der Waals surface area contributed by atoms with Crippen molar-refractivity contribution in [2.45, 2.75) is 39.3 Å². The Balaban J connectivity index is 1.89. The smallest absolute Gasteiger partial charge is 0.261 e. The molecule has 0 aromatic heterocycles. The summed E-state index contributed by atoms with van der Waals surface area (Å²) in [7, 11) is 0. The minimum absolute atomic E-state index is 0.201. The zero-order chi connectivity index (χ0) is 25.2. The maximum Gasteiger partial charge on any atom is 0.261 e. The molecule has 3 rings (SSSR count). The van der Waals surface area contributed by atoms with Crippen molar-refractivity contribution >= 4 is 35.0 Å². The number of aryl methyl sites for hydroxylation is 1. The number of rotatable bonds is 11. The number of hydrogen-bond donors (Lipinski definition) is 1. The number of hydrogen-bond acceptors (Lipinski definition) is 3. The van der Waals surface area contributed by atoms with Crippen molar-refractivity contribution in [2.24, 2.45) is 0 Å². The largest absolute Gasteiger partial charge is 0.484 e. The molecule has 1 N–H and O–H groups in total. The summed E-state index contributed by atoms with van der Waals surface area (Å²) in [6, 6.07) is 21.5. The summed E-state index contributed by atoms with van der Waals surface area (Å²) < 4.78 is 5.80. The summed E-state index contributed by atoms with van der Waals surface area (Å²) in [4.78, 5) is 28.4. The van der Waals surface area contributed by atoms with Gasteiger partial charge in [0.2, 0.25) is 5.91 Å². The highest BCUT2D eigenvalue weighted by Crippen LogP contribution is 2.22. The molecule has 0 saturated carbocycles. The Labute approximate surface area is 217 Å². The standard InChI is InChI=1S/C28H30Cl2N2O3/c1-3-14-31-28(34)26(17-21-8-5-4-6-9-21)32(18-22-10-7-11-23(29)16-22)27(33)19-35-24-12-13-25(30)20(2)15-24/h4-13,15-16,26H,3,14,17-19H2,1-2H3,(H,31,34)/t26-/m1/s1. The van der Waals surface area contributed by atoms with E-state index in [1.54, 1.807) is 35.2 Å². The number of halogens is 2. The Morgan fingerprint density at radius 2 is 1.71 bits per heavy atom. The van der Waals surface area contributed by atoms with Crippen LogP contribution in [-0.2, 0) is 22.6 Å². The molecule has 0 saturated heterocycles. The van der Waals surface area contributed by atoms with E-state index in [0.29, 0.717) is 28.8 Å². The Bertz CT molecular complexity index is 1140. The third-order valence-corrected chi connectivity index (χ3v) is 6.21. The van der Waals surface area contributed by atoms with E-state index in [1.165, 1.54) is 0 Å². The van der Waals surface area contributed by atoms with Crippen LogP contribution in [0, 0.1) is 6.92 Å². The number of carbonyl (C=O) groups is 2. The van der Waals surface area contributed by atoms with Crippen LogP contribution in [0.15, 0.2) is 72.8 Å². The molecule has 0 aliphatic heterocycles. The molecular formula is C28H30Cl2N2O3. The fraction of sp³-hybridized carbons (Fsp3) is 0.286. The summed E-state index contributed by atoms with van der Waals surface area (Å²) in [5, 5.41) is 4.15. The highest BCUT2D eigenvalue weighted by molar-refractivity contribution is 6.31. The first-order valence-electron chi connectivity index (χ1n) is 11.6. The molecule has 0 aliphatic carbocycles. The number of nitrogens with one attached hydrogen (secondary N) is 1. The van der Waals surface area contributed by atoms with Gasteiger partial charge in [0.1, 0.15) is 11.8 Å². The van der Waals surface area contributed by atoms with Gasteiger partial charge in [-0.1, -0.05) is 72.6 Å². The Hall–Kier alpha value is -3.02. The lowest BCUT2D eigenvalue weighted by atomic mass is 10.0. The molecule has 1 atom stereocenters. The van der Waals surface area contributed by atoms with Gasteiger partial charge in [-0.25, -0.2) is 0 Å². The molecule has 0 heterocycles. The van der Waals surface area contributed by atoms with E-state index in [-0.39, 0.29) is 25.0 Å². The van der Waals surface area contributed by atoms with Crippen molar-refractivity contribution in [3.05, 3.63) is 99.5 Å².